The predicted molar refractivity (Wildman–Crippen MR) is 204 cm³/mol. The summed E-state index contributed by atoms with van der Waals surface area (Å²) < 4.78 is 85.7. The third-order valence-corrected chi connectivity index (χ3v) is 11.5. The molecule has 21 heteroatoms. The number of aliphatic carboxylic acids is 1. The number of carboxylic acids is 1. The van der Waals surface area contributed by atoms with Crippen LogP contribution in [0.1, 0.15) is 24.0 Å². The van der Waals surface area contributed by atoms with Crippen LogP contribution in [0.4, 0.5) is 23.7 Å². The summed E-state index contributed by atoms with van der Waals surface area (Å²) in [5.41, 5.74) is 8.11. The number of carbonyl (C=O) groups excluding carboxylic acids is 3. The number of quaternary nitrogens is 1. The van der Waals surface area contributed by atoms with Crippen molar-refractivity contribution in [3.05, 3.63) is 95.0 Å². The smallest absolute Gasteiger partial charge is 0.430 e. The van der Waals surface area contributed by atoms with Crippen LogP contribution in [-0.2, 0) is 32.7 Å². The van der Waals surface area contributed by atoms with Crippen LogP contribution in [0, 0.1) is 0 Å². The number of alkyl halides is 3. The van der Waals surface area contributed by atoms with Gasteiger partial charge in [-0.05, 0) is 85.1 Å². The second-order valence-electron chi connectivity index (χ2n) is 14.3. The number of halogens is 4. The number of primary amides is 1. The molecule has 7 rings (SSSR count). The number of carbonyl (C=O) groups is 3. The Morgan fingerprint density at radius 3 is 2.25 bits per heavy atom. The predicted octanol–water partition coefficient (Wildman–Crippen LogP) is 4.31. The summed E-state index contributed by atoms with van der Waals surface area (Å²) in [6.45, 7) is 2.06. The zero-order valence-corrected chi connectivity index (χ0v) is 33.2. The lowest BCUT2D eigenvalue weighted by Crippen LogP contribution is -2.62. The molecule has 4 N–H and O–H groups in total. The molecule has 3 aliphatic heterocycles. The molecule has 1 fully saturated rings. The molecule has 0 saturated carbocycles. The molecule has 0 aliphatic carbocycles. The molecule has 3 atom stereocenters. The molecule has 3 heterocycles. The maximum Gasteiger partial charge on any atom is 0.430 e. The maximum absolute atomic E-state index is 14.3. The normalized spacial score (nSPS) is 18.4. The van der Waals surface area contributed by atoms with Gasteiger partial charge in [-0.3, -0.25) is 4.79 Å². The summed E-state index contributed by atoms with van der Waals surface area (Å²) in [6.07, 6.45) is -3.66. The molecule has 0 spiro atoms. The van der Waals surface area contributed by atoms with E-state index < -0.39 is 40.2 Å². The monoisotopic (exact) mass is 878 g/mol. The van der Waals surface area contributed by atoms with E-state index in [1.54, 1.807) is 12.1 Å². The van der Waals surface area contributed by atoms with Crippen molar-refractivity contribution in [2.75, 3.05) is 39.0 Å². The van der Waals surface area contributed by atoms with Gasteiger partial charge in [-0.1, -0.05) is 23.7 Å². The van der Waals surface area contributed by atoms with E-state index in [0.29, 0.717) is 46.7 Å². The van der Waals surface area contributed by atoms with Gasteiger partial charge in [0.05, 0.1) is 31.2 Å². The largest absolute Gasteiger partial charge is 0.542 e. The molecule has 60 heavy (non-hydrogen) atoms. The average Bonchev–Trinajstić information content (AvgIpc) is 3.85. The van der Waals surface area contributed by atoms with Crippen LogP contribution < -0.4 is 39.3 Å². The van der Waals surface area contributed by atoms with Crippen molar-refractivity contribution in [2.24, 2.45) is 5.73 Å². The van der Waals surface area contributed by atoms with Gasteiger partial charge in [-0.2, -0.15) is 21.6 Å². The SMILES string of the molecule is C[N+]1(Cc2ccc3c(c2)OCO3)CCC[C@H](N(C(=O)Nc2ccc(OS(=O)(=O)c3c(Cl)ccc4c3OCO4)cc2)[C@@H](Cc2ccc(O)cc2)C(N)=O)C1.O=C([O-])C(F)(F)F. The van der Waals surface area contributed by atoms with Gasteiger partial charge in [0.25, 0.3) is 0 Å². The number of likely N-dealkylation sites (N-methyl/N-ethyl adjacent to an activating group) is 1. The van der Waals surface area contributed by atoms with Gasteiger partial charge in [0.1, 0.15) is 30.1 Å². The minimum atomic E-state index is -5.19. The van der Waals surface area contributed by atoms with E-state index >= 15 is 0 Å². The second kappa shape index (κ2) is 17.6. The molecular formula is C39H38ClF3N4O12S. The Balaban J connectivity index is 0.000000793. The highest BCUT2D eigenvalue weighted by atomic mass is 35.5. The van der Waals surface area contributed by atoms with Gasteiger partial charge in [-0.15, -0.1) is 0 Å². The topological polar surface area (TPSA) is 216 Å². The lowest BCUT2D eigenvalue weighted by Gasteiger charge is -2.46. The summed E-state index contributed by atoms with van der Waals surface area (Å²) in [5, 5.41) is 21.4. The first kappa shape index (κ1) is 43.5. The highest BCUT2D eigenvalue weighted by molar-refractivity contribution is 7.87. The van der Waals surface area contributed by atoms with Crippen LogP contribution in [-0.4, -0.2) is 92.8 Å². The molecule has 4 aromatic rings. The van der Waals surface area contributed by atoms with Crippen molar-refractivity contribution in [3.63, 3.8) is 0 Å². The maximum atomic E-state index is 14.3. The second-order valence-corrected chi connectivity index (χ2v) is 16.1. The Labute approximate surface area is 346 Å². The van der Waals surface area contributed by atoms with E-state index in [4.69, 9.17) is 50.4 Å². The zero-order valence-electron chi connectivity index (χ0n) is 31.6. The number of likely N-dealkylation sites (tertiary alicyclic amines) is 1. The Hall–Kier alpha value is -6.12. The Kier molecular flexibility index (Phi) is 12.8. The van der Waals surface area contributed by atoms with Crippen LogP contribution in [0.25, 0.3) is 0 Å². The highest BCUT2D eigenvalue weighted by Gasteiger charge is 2.42. The first-order valence-corrected chi connectivity index (χ1v) is 19.9. The molecule has 16 nitrogen and oxygen atoms in total. The number of hydrogen-bond donors (Lipinski definition) is 3. The summed E-state index contributed by atoms with van der Waals surface area (Å²) in [5.74, 6) is -2.08. The Bertz CT molecular complexity index is 2350. The number of fused-ring (bicyclic) bond motifs is 2. The third-order valence-electron chi connectivity index (χ3n) is 9.78. The standard InChI is InChI=1S/C37H37ClN4O10S.C2HF3O2/c1-42(19-24-6-14-31-33(18-24)50-21-48-31)16-2-3-26(20-42)41(30(36(39)44)17-23-4-9-27(43)10-5-23)37(45)40-25-7-11-28(12-8-25)52-53(46,47)35-29(38)13-15-32-34(35)51-22-49-32;3-2(4,5)1(6)7/h4-15,18,26,30H,2-3,16-17,19-22H2,1H3,(H3-,39,40,43,44,45);(H,6,7)/t26-,30-,42?;/m0./s1. The summed E-state index contributed by atoms with van der Waals surface area (Å²) >= 11 is 6.22. The number of nitrogens with one attached hydrogen (secondary N) is 1. The van der Waals surface area contributed by atoms with Gasteiger partial charge in [-0.25, -0.2) is 4.79 Å². The molecule has 3 aliphatic rings. The fraction of sp³-hybridized carbons (Fsp3) is 0.308. The minimum absolute atomic E-state index is 0.0360. The number of phenols is 1. The van der Waals surface area contributed by atoms with Gasteiger partial charge < -0.3 is 58.6 Å². The summed E-state index contributed by atoms with van der Waals surface area (Å²) in [4.78, 5) is 37.4. The molecule has 320 valence electrons. The lowest BCUT2D eigenvalue weighted by atomic mass is 9.96. The molecule has 1 saturated heterocycles. The van der Waals surface area contributed by atoms with Crippen LogP contribution >= 0.6 is 11.6 Å². The number of rotatable bonds is 11. The number of piperidine rings is 1. The fourth-order valence-electron chi connectivity index (χ4n) is 7.11. The van der Waals surface area contributed by atoms with Crippen LogP contribution in [0.15, 0.2) is 83.8 Å². The molecule has 0 radical (unpaired) electrons. The highest BCUT2D eigenvalue weighted by Crippen LogP contribution is 2.43. The molecule has 0 bridgehead atoms. The zero-order chi connectivity index (χ0) is 43.4. The van der Waals surface area contributed by atoms with Crippen molar-refractivity contribution < 1.29 is 73.8 Å². The number of urea groups is 1. The first-order chi connectivity index (χ1) is 28.3. The number of phenolic OH excluding ortho intramolecular Hbond substituents is 1. The number of benzene rings is 4. The Morgan fingerprint density at radius 1 is 0.967 bits per heavy atom. The number of carboxylic acid groups (broad SMARTS) is 1. The van der Waals surface area contributed by atoms with Gasteiger partial charge in [0, 0.05) is 17.7 Å². The molecule has 4 aromatic carbocycles. The number of ether oxygens (including phenoxy) is 4. The van der Waals surface area contributed by atoms with Crippen LogP contribution in [0.5, 0.6) is 34.5 Å². The molecule has 1 unspecified atom stereocenters. The van der Waals surface area contributed by atoms with Gasteiger partial charge >= 0.3 is 22.3 Å². The van der Waals surface area contributed by atoms with Crippen molar-refractivity contribution in [1.82, 2.24) is 4.90 Å². The van der Waals surface area contributed by atoms with Gasteiger partial charge in [0.15, 0.2) is 27.9 Å². The van der Waals surface area contributed by atoms with Crippen LogP contribution in [0.2, 0.25) is 5.02 Å². The van der Waals surface area contributed by atoms with E-state index in [9.17, 15) is 36.3 Å². The minimum Gasteiger partial charge on any atom is -0.542 e. The fourth-order valence-corrected chi connectivity index (χ4v) is 8.68. The van der Waals surface area contributed by atoms with E-state index in [0.717, 1.165) is 18.5 Å². The molecular weight excluding hydrogens is 841 g/mol. The Morgan fingerprint density at radius 2 is 1.58 bits per heavy atom. The van der Waals surface area contributed by atoms with E-state index in [1.807, 2.05) is 18.2 Å². The average molecular weight is 879 g/mol. The number of amides is 3. The molecule has 0 aromatic heterocycles. The van der Waals surface area contributed by atoms with Crippen LogP contribution in [0.3, 0.4) is 0 Å². The number of nitrogens with zero attached hydrogens (tertiary/aromatic N) is 2. The van der Waals surface area contributed by atoms with Crippen molar-refractivity contribution >= 4 is 45.3 Å². The number of aromatic hydroxyl groups is 1. The van der Waals surface area contributed by atoms with Crippen molar-refractivity contribution in [1.29, 1.82) is 0 Å². The van der Waals surface area contributed by atoms with E-state index in [2.05, 4.69) is 12.4 Å². The molecule has 3 amide bonds. The third kappa shape index (κ3) is 10.4. The number of hydrogen-bond acceptors (Lipinski definition) is 12. The first-order valence-electron chi connectivity index (χ1n) is 18.1. The van der Waals surface area contributed by atoms with E-state index in [1.165, 1.54) is 53.4 Å². The van der Waals surface area contributed by atoms with Gasteiger partial charge in [0.2, 0.25) is 19.5 Å². The lowest BCUT2D eigenvalue weighted by molar-refractivity contribution is -0.928. The van der Waals surface area contributed by atoms with E-state index in [-0.39, 0.29) is 59.0 Å². The summed E-state index contributed by atoms with van der Waals surface area (Å²) in [6, 6.07) is 18.9. The summed E-state index contributed by atoms with van der Waals surface area (Å²) in [7, 11) is -2.32. The number of anilines is 1. The number of nitrogens with two attached hydrogens (primary N) is 1. The van der Waals surface area contributed by atoms with Crippen molar-refractivity contribution in [2.45, 2.75) is 49.0 Å². The quantitative estimate of drug-likeness (QED) is 0.142. The van der Waals surface area contributed by atoms with Crippen molar-refractivity contribution in [3.8, 4) is 34.5 Å².